The van der Waals surface area contributed by atoms with E-state index in [0.717, 1.165) is 17.0 Å². The minimum atomic E-state index is -4.33. The van der Waals surface area contributed by atoms with Gasteiger partial charge in [-0.25, -0.2) is 0 Å². The number of carbonyl (C=O) groups excluding carboxylic acids is 1. The lowest BCUT2D eigenvalue weighted by Crippen LogP contribution is -2.07. The summed E-state index contributed by atoms with van der Waals surface area (Å²) in [5.74, 6) is 0.00205. The average molecular weight is 284 g/mol. The van der Waals surface area contributed by atoms with Crippen LogP contribution >= 0.6 is 11.3 Å². The Kier molecular flexibility index (Phi) is 4.04. The van der Waals surface area contributed by atoms with Crippen LogP contribution in [-0.2, 0) is 23.8 Å². The van der Waals surface area contributed by atoms with Gasteiger partial charge in [-0.05, 0) is 29.1 Å². The van der Waals surface area contributed by atoms with E-state index in [0.29, 0.717) is 12.0 Å². The molecule has 100 valence electrons. The summed E-state index contributed by atoms with van der Waals surface area (Å²) >= 11 is 1.50. The zero-order chi connectivity index (χ0) is 13.9. The molecule has 2 rings (SSSR count). The Morgan fingerprint density at radius 1 is 1.05 bits per heavy atom. The second-order valence-corrected chi connectivity index (χ2v) is 5.20. The number of ketones is 1. The van der Waals surface area contributed by atoms with Crippen LogP contribution in [0.15, 0.2) is 41.8 Å². The molecule has 0 fully saturated rings. The number of rotatable bonds is 4. The minimum absolute atomic E-state index is 0.00205. The van der Waals surface area contributed by atoms with Crippen molar-refractivity contribution in [1.82, 2.24) is 0 Å². The molecule has 1 nitrogen and oxygen atoms in total. The van der Waals surface area contributed by atoms with Gasteiger partial charge in [0, 0.05) is 17.7 Å². The summed E-state index contributed by atoms with van der Waals surface area (Å²) < 4.78 is 37.1. The van der Waals surface area contributed by atoms with Gasteiger partial charge in [-0.3, -0.25) is 4.79 Å². The first kappa shape index (κ1) is 13.8. The topological polar surface area (TPSA) is 17.1 Å². The van der Waals surface area contributed by atoms with E-state index >= 15 is 0 Å². The Morgan fingerprint density at radius 2 is 1.74 bits per heavy atom. The molecule has 0 amide bonds. The third-order valence-corrected chi connectivity index (χ3v) is 3.51. The van der Waals surface area contributed by atoms with E-state index in [9.17, 15) is 18.0 Å². The van der Waals surface area contributed by atoms with E-state index in [1.54, 1.807) is 0 Å². The van der Waals surface area contributed by atoms with Crippen molar-refractivity contribution in [1.29, 1.82) is 0 Å². The normalized spacial score (nSPS) is 11.5. The SMILES string of the molecule is O=C(Cc1ccc(C(F)(F)F)cc1)Cc1cccs1. The van der Waals surface area contributed by atoms with Gasteiger partial charge in [0.25, 0.3) is 0 Å². The zero-order valence-corrected chi connectivity index (χ0v) is 10.7. The van der Waals surface area contributed by atoms with Crippen LogP contribution in [-0.4, -0.2) is 5.78 Å². The molecule has 0 bridgehead atoms. The Bertz CT molecular complexity index is 541. The van der Waals surface area contributed by atoms with Crippen LogP contribution in [0.3, 0.4) is 0 Å². The van der Waals surface area contributed by atoms with Crippen molar-refractivity contribution in [3.05, 3.63) is 57.8 Å². The van der Waals surface area contributed by atoms with Gasteiger partial charge < -0.3 is 0 Å². The molecule has 0 aliphatic carbocycles. The fourth-order valence-electron chi connectivity index (χ4n) is 1.71. The third kappa shape index (κ3) is 3.92. The summed E-state index contributed by atoms with van der Waals surface area (Å²) in [4.78, 5) is 12.7. The van der Waals surface area contributed by atoms with Gasteiger partial charge in [0.1, 0.15) is 5.78 Å². The lowest BCUT2D eigenvalue weighted by molar-refractivity contribution is -0.137. The second kappa shape index (κ2) is 5.57. The maximum absolute atomic E-state index is 12.4. The fraction of sp³-hybridized carbons (Fsp3) is 0.214. The molecule has 1 heterocycles. The monoisotopic (exact) mass is 284 g/mol. The summed E-state index contributed by atoms with van der Waals surface area (Å²) in [5, 5.41) is 1.89. The number of alkyl halides is 3. The predicted octanol–water partition coefficient (Wildman–Crippen LogP) is 4.12. The van der Waals surface area contributed by atoms with Crippen molar-refractivity contribution < 1.29 is 18.0 Å². The molecule has 19 heavy (non-hydrogen) atoms. The lowest BCUT2D eigenvalue weighted by atomic mass is 10.0. The third-order valence-electron chi connectivity index (χ3n) is 2.63. The summed E-state index contributed by atoms with van der Waals surface area (Å²) in [5.41, 5.74) is -0.0866. The summed E-state index contributed by atoms with van der Waals surface area (Å²) in [7, 11) is 0. The predicted molar refractivity (Wildman–Crippen MR) is 68.2 cm³/mol. The number of thiophene rings is 1. The highest BCUT2D eigenvalue weighted by Crippen LogP contribution is 2.29. The van der Waals surface area contributed by atoms with Crippen molar-refractivity contribution in [2.75, 3.05) is 0 Å². The quantitative estimate of drug-likeness (QED) is 0.825. The van der Waals surface area contributed by atoms with Crippen molar-refractivity contribution in [3.8, 4) is 0 Å². The Labute approximate surface area is 112 Å². The Morgan fingerprint density at radius 3 is 2.26 bits per heavy atom. The molecular formula is C14H11F3OS. The Balaban J connectivity index is 1.98. The molecule has 0 saturated heterocycles. The van der Waals surface area contributed by atoms with E-state index in [4.69, 9.17) is 0 Å². The van der Waals surface area contributed by atoms with Crippen LogP contribution in [0.25, 0.3) is 0 Å². The highest BCUT2D eigenvalue weighted by atomic mass is 32.1. The molecule has 0 spiro atoms. The summed E-state index contributed by atoms with van der Waals surface area (Å²) in [6.07, 6.45) is -3.84. The van der Waals surface area contributed by atoms with E-state index < -0.39 is 11.7 Å². The number of hydrogen-bond acceptors (Lipinski definition) is 2. The van der Waals surface area contributed by atoms with Gasteiger partial charge in [-0.15, -0.1) is 11.3 Å². The summed E-state index contributed by atoms with van der Waals surface area (Å²) in [6.45, 7) is 0. The van der Waals surface area contributed by atoms with Crippen molar-refractivity contribution in [2.24, 2.45) is 0 Å². The molecule has 1 aromatic heterocycles. The van der Waals surface area contributed by atoms with E-state index in [-0.39, 0.29) is 12.2 Å². The van der Waals surface area contributed by atoms with Gasteiger partial charge >= 0.3 is 6.18 Å². The molecular weight excluding hydrogens is 273 g/mol. The molecule has 0 saturated carbocycles. The van der Waals surface area contributed by atoms with Gasteiger partial charge in [-0.2, -0.15) is 13.2 Å². The molecule has 0 radical (unpaired) electrons. The number of hydrogen-bond donors (Lipinski definition) is 0. The van der Waals surface area contributed by atoms with E-state index in [1.165, 1.54) is 23.5 Å². The number of benzene rings is 1. The average Bonchev–Trinajstić information content (AvgIpc) is 2.81. The second-order valence-electron chi connectivity index (χ2n) is 4.17. The first-order valence-electron chi connectivity index (χ1n) is 5.65. The molecule has 0 aliphatic heterocycles. The highest BCUT2D eigenvalue weighted by Gasteiger charge is 2.29. The van der Waals surface area contributed by atoms with Crippen molar-refractivity contribution >= 4 is 17.1 Å². The van der Waals surface area contributed by atoms with Crippen molar-refractivity contribution in [3.63, 3.8) is 0 Å². The number of Topliss-reactive ketones (excluding diaryl/α,β-unsaturated/α-hetero) is 1. The van der Waals surface area contributed by atoms with Crippen LogP contribution in [0.5, 0.6) is 0 Å². The first-order chi connectivity index (χ1) is 8.95. The van der Waals surface area contributed by atoms with Gasteiger partial charge in [0.05, 0.1) is 5.56 Å². The van der Waals surface area contributed by atoms with Crippen LogP contribution < -0.4 is 0 Å². The van der Waals surface area contributed by atoms with Gasteiger partial charge in [0.15, 0.2) is 0 Å². The zero-order valence-electron chi connectivity index (χ0n) is 9.91. The maximum Gasteiger partial charge on any atom is 0.416 e. The standard InChI is InChI=1S/C14H11F3OS/c15-14(16,17)11-5-3-10(4-6-11)8-12(18)9-13-2-1-7-19-13/h1-7H,8-9H2. The first-order valence-corrected chi connectivity index (χ1v) is 6.53. The number of halogens is 3. The molecule has 0 aliphatic rings. The molecule has 0 unspecified atom stereocenters. The maximum atomic E-state index is 12.4. The lowest BCUT2D eigenvalue weighted by Gasteiger charge is -2.07. The van der Waals surface area contributed by atoms with Gasteiger partial charge in [-0.1, -0.05) is 18.2 Å². The summed E-state index contributed by atoms with van der Waals surface area (Å²) in [6, 6.07) is 8.46. The van der Waals surface area contributed by atoms with Crippen LogP contribution in [0, 0.1) is 0 Å². The highest BCUT2D eigenvalue weighted by molar-refractivity contribution is 7.10. The van der Waals surface area contributed by atoms with Crippen LogP contribution in [0.2, 0.25) is 0 Å². The van der Waals surface area contributed by atoms with Crippen LogP contribution in [0.4, 0.5) is 13.2 Å². The van der Waals surface area contributed by atoms with E-state index in [2.05, 4.69) is 0 Å². The van der Waals surface area contributed by atoms with E-state index in [1.807, 2.05) is 17.5 Å². The molecule has 0 atom stereocenters. The molecule has 1 aromatic carbocycles. The smallest absolute Gasteiger partial charge is 0.299 e. The largest absolute Gasteiger partial charge is 0.416 e. The molecule has 0 N–H and O–H groups in total. The van der Waals surface area contributed by atoms with Crippen molar-refractivity contribution in [2.45, 2.75) is 19.0 Å². The fourth-order valence-corrected chi connectivity index (χ4v) is 2.44. The van der Waals surface area contributed by atoms with Crippen LogP contribution in [0.1, 0.15) is 16.0 Å². The van der Waals surface area contributed by atoms with Gasteiger partial charge in [0.2, 0.25) is 0 Å². The minimum Gasteiger partial charge on any atom is -0.299 e. The number of carbonyl (C=O) groups is 1. The Hall–Kier alpha value is -1.62. The molecule has 5 heteroatoms. The molecule has 2 aromatic rings.